The van der Waals surface area contributed by atoms with Gasteiger partial charge < -0.3 is 15.7 Å². The molecule has 0 saturated heterocycles. The van der Waals surface area contributed by atoms with Gasteiger partial charge in [0.1, 0.15) is 6.61 Å². The van der Waals surface area contributed by atoms with Crippen molar-refractivity contribution in [2.24, 2.45) is 0 Å². The molecular weight excluding hydrogens is 256 g/mol. The molecule has 106 valence electrons. The van der Waals surface area contributed by atoms with Gasteiger partial charge in [0.05, 0.1) is 0 Å². The molecule has 1 rings (SSSR count). The minimum Gasteiger partial charge on any atom is -0.384 e. The molecule has 5 nitrogen and oxygen atoms in total. The molecule has 0 aliphatic rings. The van der Waals surface area contributed by atoms with Crippen LogP contribution in [0.2, 0.25) is 0 Å². The van der Waals surface area contributed by atoms with Gasteiger partial charge in [0.15, 0.2) is 0 Å². The summed E-state index contributed by atoms with van der Waals surface area (Å²) < 4.78 is 0. The molecule has 1 aromatic carbocycles. The molecule has 0 atom stereocenters. The van der Waals surface area contributed by atoms with Gasteiger partial charge in [0.2, 0.25) is 5.91 Å². The minimum absolute atomic E-state index is 0.122. The van der Waals surface area contributed by atoms with E-state index in [0.717, 1.165) is 5.56 Å². The summed E-state index contributed by atoms with van der Waals surface area (Å²) in [5.41, 5.74) is 2.13. The van der Waals surface area contributed by atoms with Crippen molar-refractivity contribution in [3.05, 3.63) is 34.9 Å². The van der Waals surface area contributed by atoms with Gasteiger partial charge in [-0.25, -0.2) is 0 Å². The lowest BCUT2D eigenvalue weighted by molar-refractivity contribution is -0.120. The second-order valence-electron chi connectivity index (χ2n) is 4.17. The maximum atomic E-state index is 11.9. The number of hydrogen-bond donors (Lipinski definition) is 3. The van der Waals surface area contributed by atoms with Gasteiger partial charge in [0, 0.05) is 31.1 Å². The van der Waals surface area contributed by atoms with Gasteiger partial charge in [-0.2, -0.15) is 0 Å². The topological polar surface area (TPSA) is 78.4 Å². The fourth-order valence-corrected chi connectivity index (χ4v) is 1.55. The average Bonchev–Trinajstić information content (AvgIpc) is 2.46. The highest BCUT2D eigenvalue weighted by Crippen LogP contribution is 2.10. The van der Waals surface area contributed by atoms with Crippen LogP contribution in [-0.2, 0) is 4.79 Å². The molecule has 20 heavy (non-hydrogen) atoms. The molecule has 0 fully saturated rings. The molecular formula is C15H18N2O3. The number of aryl methyl sites for hydroxylation is 1. The maximum Gasteiger partial charge on any atom is 0.251 e. The molecule has 1 aromatic rings. The van der Waals surface area contributed by atoms with Crippen molar-refractivity contribution in [2.75, 3.05) is 20.2 Å². The van der Waals surface area contributed by atoms with E-state index in [4.69, 9.17) is 5.11 Å². The third kappa shape index (κ3) is 4.75. The van der Waals surface area contributed by atoms with Gasteiger partial charge in [-0.15, -0.1) is 0 Å². The van der Waals surface area contributed by atoms with E-state index in [2.05, 4.69) is 22.5 Å². The minimum atomic E-state index is -0.249. The zero-order valence-electron chi connectivity index (χ0n) is 11.6. The maximum absolute atomic E-state index is 11.9. The van der Waals surface area contributed by atoms with E-state index >= 15 is 0 Å². The lowest BCUT2D eigenvalue weighted by atomic mass is 10.0. The molecule has 0 aliphatic heterocycles. The Kier molecular flexibility index (Phi) is 6.27. The quantitative estimate of drug-likeness (QED) is 0.687. The largest absolute Gasteiger partial charge is 0.384 e. The normalized spacial score (nSPS) is 9.35. The number of benzene rings is 1. The van der Waals surface area contributed by atoms with Crippen molar-refractivity contribution in [2.45, 2.75) is 13.3 Å². The summed E-state index contributed by atoms with van der Waals surface area (Å²) in [6.45, 7) is 1.95. The number of rotatable bonds is 4. The second-order valence-corrected chi connectivity index (χ2v) is 4.17. The Bertz CT molecular complexity index is 556. The number of carbonyl (C=O) groups excluding carboxylic acids is 2. The first kappa shape index (κ1) is 15.7. The van der Waals surface area contributed by atoms with Crippen molar-refractivity contribution >= 4 is 11.8 Å². The first-order valence-electron chi connectivity index (χ1n) is 6.27. The molecule has 0 radical (unpaired) electrons. The lowest BCUT2D eigenvalue weighted by Gasteiger charge is -2.06. The molecule has 5 heteroatoms. The van der Waals surface area contributed by atoms with Gasteiger partial charge in [-0.1, -0.05) is 17.9 Å². The summed E-state index contributed by atoms with van der Waals surface area (Å²) >= 11 is 0. The van der Waals surface area contributed by atoms with Crippen LogP contribution in [0.25, 0.3) is 0 Å². The Morgan fingerprint density at radius 2 is 2.10 bits per heavy atom. The number of amides is 2. The van der Waals surface area contributed by atoms with Gasteiger partial charge in [-0.3, -0.25) is 9.59 Å². The highest BCUT2D eigenvalue weighted by atomic mass is 16.2. The lowest BCUT2D eigenvalue weighted by Crippen LogP contribution is -2.29. The van der Waals surface area contributed by atoms with Crippen LogP contribution in [-0.4, -0.2) is 37.1 Å². The van der Waals surface area contributed by atoms with E-state index < -0.39 is 0 Å². The van der Waals surface area contributed by atoms with Crippen LogP contribution in [0.5, 0.6) is 0 Å². The zero-order chi connectivity index (χ0) is 15.0. The fourth-order valence-electron chi connectivity index (χ4n) is 1.55. The predicted molar refractivity (Wildman–Crippen MR) is 76.2 cm³/mol. The third-order valence-electron chi connectivity index (χ3n) is 2.72. The van der Waals surface area contributed by atoms with Crippen molar-refractivity contribution in [1.29, 1.82) is 0 Å². The standard InChI is InChI=1S/C15H18N2O3/c1-11-5-6-13(10-12(11)4-3-9-18)15(20)17-8-7-14(19)16-2/h5-6,10,18H,7-9H2,1-2H3,(H,16,19)(H,17,20). The van der Waals surface area contributed by atoms with Crippen LogP contribution in [0.15, 0.2) is 18.2 Å². The summed E-state index contributed by atoms with van der Waals surface area (Å²) in [4.78, 5) is 23.0. The molecule has 0 bridgehead atoms. The molecule has 0 aromatic heterocycles. The number of hydrogen-bond acceptors (Lipinski definition) is 3. The molecule has 0 saturated carbocycles. The predicted octanol–water partition coefficient (Wildman–Crippen LogP) is 0.205. The number of carbonyl (C=O) groups is 2. The van der Waals surface area contributed by atoms with Crippen molar-refractivity contribution in [3.8, 4) is 11.8 Å². The van der Waals surface area contributed by atoms with Crippen molar-refractivity contribution in [3.63, 3.8) is 0 Å². The van der Waals surface area contributed by atoms with Crippen LogP contribution < -0.4 is 10.6 Å². The summed E-state index contributed by atoms with van der Waals surface area (Å²) in [5.74, 6) is 4.98. The van der Waals surface area contributed by atoms with E-state index in [1.807, 2.05) is 6.92 Å². The Morgan fingerprint density at radius 1 is 1.35 bits per heavy atom. The molecule has 3 N–H and O–H groups in total. The van der Waals surface area contributed by atoms with Crippen LogP contribution in [0, 0.1) is 18.8 Å². The van der Waals surface area contributed by atoms with E-state index in [-0.39, 0.29) is 31.4 Å². The second kappa shape index (κ2) is 7.97. The van der Waals surface area contributed by atoms with Crippen LogP contribution in [0.3, 0.4) is 0 Å². The highest BCUT2D eigenvalue weighted by Gasteiger charge is 2.07. The number of nitrogens with one attached hydrogen (secondary N) is 2. The van der Waals surface area contributed by atoms with Gasteiger partial charge in [0.25, 0.3) is 5.91 Å². The highest BCUT2D eigenvalue weighted by molar-refractivity contribution is 5.94. The molecule has 2 amide bonds. The Balaban J connectivity index is 2.71. The van der Waals surface area contributed by atoms with Gasteiger partial charge >= 0.3 is 0 Å². The van der Waals surface area contributed by atoms with Gasteiger partial charge in [-0.05, 0) is 24.6 Å². The molecule has 0 unspecified atom stereocenters. The third-order valence-corrected chi connectivity index (χ3v) is 2.72. The van der Waals surface area contributed by atoms with Crippen molar-refractivity contribution in [1.82, 2.24) is 10.6 Å². The number of aliphatic hydroxyl groups excluding tert-OH is 1. The summed E-state index contributed by atoms with van der Waals surface area (Å²) in [6.07, 6.45) is 0.241. The average molecular weight is 274 g/mol. The van der Waals surface area contributed by atoms with Crippen molar-refractivity contribution < 1.29 is 14.7 Å². The summed E-state index contributed by atoms with van der Waals surface area (Å²) in [5, 5.41) is 13.9. The zero-order valence-corrected chi connectivity index (χ0v) is 11.6. The Labute approximate surface area is 118 Å². The van der Waals surface area contributed by atoms with E-state index in [1.165, 1.54) is 0 Å². The first-order valence-corrected chi connectivity index (χ1v) is 6.27. The Hall–Kier alpha value is -2.32. The Morgan fingerprint density at radius 3 is 2.75 bits per heavy atom. The molecule has 0 spiro atoms. The van der Waals surface area contributed by atoms with E-state index in [9.17, 15) is 9.59 Å². The van der Waals surface area contributed by atoms with Crippen LogP contribution in [0.1, 0.15) is 27.9 Å². The summed E-state index contributed by atoms with van der Waals surface area (Å²) in [6, 6.07) is 5.18. The van der Waals surface area contributed by atoms with E-state index in [0.29, 0.717) is 11.1 Å². The summed E-state index contributed by atoms with van der Waals surface area (Å²) in [7, 11) is 1.55. The molecule has 0 aliphatic carbocycles. The molecule has 0 heterocycles. The fraction of sp³-hybridized carbons (Fsp3) is 0.333. The first-order chi connectivity index (χ1) is 9.58. The monoisotopic (exact) mass is 274 g/mol. The smallest absolute Gasteiger partial charge is 0.251 e. The van der Waals surface area contributed by atoms with Crippen LogP contribution in [0.4, 0.5) is 0 Å². The number of aliphatic hydroxyl groups is 1. The van der Waals surface area contributed by atoms with E-state index in [1.54, 1.807) is 25.2 Å². The van der Waals surface area contributed by atoms with Crippen LogP contribution >= 0.6 is 0 Å². The SMILES string of the molecule is CNC(=O)CCNC(=O)c1ccc(C)c(C#CCO)c1.